The third-order valence-electron chi connectivity index (χ3n) is 2.11. The molecule has 0 atom stereocenters. The molecular formula is C11H15N. The van der Waals surface area contributed by atoms with Crippen LogP contribution in [0, 0.1) is 0 Å². The molecule has 64 valence electrons. The van der Waals surface area contributed by atoms with Crippen LogP contribution in [-0.4, -0.2) is 0 Å². The zero-order valence-corrected chi connectivity index (χ0v) is 7.94. The second-order valence-corrected chi connectivity index (χ2v) is 2.99. The highest BCUT2D eigenvalue weighted by Crippen LogP contribution is 2.23. The van der Waals surface area contributed by atoms with Gasteiger partial charge in [-0.15, -0.1) is 0 Å². The van der Waals surface area contributed by atoms with Crippen LogP contribution < -0.4 is 5.32 Å². The van der Waals surface area contributed by atoms with Gasteiger partial charge in [0.15, 0.2) is 0 Å². The fourth-order valence-electron chi connectivity index (χ4n) is 1.35. The van der Waals surface area contributed by atoms with Crippen LogP contribution in [0.25, 0.3) is 0 Å². The molecule has 0 radical (unpaired) electrons. The summed E-state index contributed by atoms with van der Waals surface area (Å²) < 4.78 is 0. The molecule has 0 fully saturated rings. The van der Waals surface area contributed by atoms with Crippen LogP contribution in [0.1, 0.15) is 20.8 Å². The molecule has 1 nitrogen and oxygen atoms in total. The lowest BCUT2D eigenvalue weighted by Crippen LogP contribution is -2.12. The predicted molar refractivity (Wildman–Crippen MR) is 53.5 cm³/mol. The molecular weight excluding hydrogens is 146 g/mol. The van der Waals surface area contributed by atoms with Crippen molar-refractivity contribution < 1.29 is 0 Å². The first-order chi connectivity index (χ1) is 5.66. The molecule has 1 aliphatic rings. The lowest BCUT2D eigenvalue weighted by atomic mass is 9.97. The maximum atomic E-state index is 3.95. The normalized spacial score (nSPS) is 18.2. The zero-order valence-electron chi connectivity index (χ0n) is 7.94. The van der Waals surface area contributed by atoms with E-state index < -0.39 is 0 Å². The molecule has 12 heavy (non-hydrogen) atoms. The molecule has 0 amide bonds. The van der Waals surface area contributed by atoms with Gasteiger partial charge >= 0.3 is 0 Å². The van der Waals surface area contributed by atoms with Gasteiger partial charge in [0.2, 0.25) is 0 Å². The van der Waals surface area contributed by atoms with Crippen molar-refractivity contribution in [2.24, 2.45) is 0 Å². The van der Waals surface area contributed by atoms with Crippen molar-refractivity contribution in [3.05, 3.63) is 47.3 Å². The van der Waals surface area contributed by atoms with E-state index in [1.54, 1.807) is 0 Å². The summed E-state index contributed by atoms with van der Waals surface area (Å²) in [6.45, 7) is 10.2. The Labute approximate surface area is 74.2 Å². The average molecular weight is 161 g/mol. The Morgan fingerprint density at radius 3 is 2.75 bits per heavy atom. The minimum Gasteiger partial charge on any atom is -0.362 e. The number of hydrogen-bond donors (Lipinski definition) is 1. The van der Waals surface area contributed by atoms with Crippen LogP contribution in [-0.2, 0) is 0 Å². The molecule has 0 bridgehead atoms. The van der Waals surface area contributed by atoms with Crippen molar-refractivity contribution in [3.8, 4) is 0 Å². The summed E-state index contributed by atoms with van der Waals surface area (Å²) >= 11 is 0. The van der Waals surface area contributed by atoms with Gasteiger partial charge in [-0.3, -0.25) is 0 Å². The van der Waals surface area contributed by atoms with Crippen LogP contribution in [0.4, 0.5) is 0 Å². The van der Waals surface area contributed by atoms with Gasteiger partial charge in [0, 0.05) is 17.5 Å². The Hall–Kier alpha value is -1.24. The quantitative estimate of drug-likeness (QED) is 0.623. The van der Waals surface area contributed by atoms with E-state index in [0.717, 1.165) is 5.70 Å². The van der Waals surface area contributed by atoms with E-state index >= 15 is 0 Å². The third-order valence-corrected chi connectivity index (χ3v) is 2.11. The molecule has 0 aromatic heterocycles. The van der Waals surface area contributed by atoms with E-state index in [4.69, 9.17) is 0 Å². The molecule has 1 heterocycles. The number of allylic oxidation sites excluding steroid dienone is 4. The number of dihydropyridines is 1. The maximum absolute atomic E-state index is 3.95. The molecule has 0 saturated carbocycles. The van der Waals surface area contributed by atoms with Crippen molar-refractivity contribution >= 4 is 0 Å². The first kappa shape index (κ1) is 8.85. The standard InChI is InChI=1S/C11H15N/c1-5-8(2)11-9(3)6-7-12-10(11)4/h5-7,12H,4H2,1-3H3/b8-5-. The molecule has 1 rings (SSSR count). The molecule has 0 aromatic rings. The molecule has 0 spiro atoms. The second kappa shape index (κ2) is 3.44. The summed E-state index contributed by atoms with van der Waals surface area (Å²) in [6.07, 6.45) is 6.09. The van der Waals surface area contributed by atoms with Crippen LogP contribution in [0.3, 0.4) is 0 Å². The lowest BCUT2D eigenvalue weighted by Gasteiger charge is -2.17. The van der Waals surface area contributed by atoms with Crippen molar-refractivity contribution in [2.75, 3.05) is 0 Å². The lowest BCUT2D eigenvalue weighted by molar-refractivity contribution is 1.03. The molecule has 0 saturated heterocycles. The Balaban J connectivity index is 3.13. The summed E-state index contributed by atoms with van der Waals surface area (Å²) in [5.74, 6) is 0. The summed E-state index contributed by atoms with van der Waals surface area (Å²) in [5.41, 5.74) is 4.77. The van der Waals surface area contributed by atoms with Crippen molar-refractivity contribution in [2.45, 2.75) is 20.8 Å². The van der Waals surface area contributed by atoms with Crippen LogP contribution in [0.5, 0.6) is 0 Å². The summed E-state index contributed by atoms with van der Waals surface area (Å²) in [6, 6.07) is 0. The predicted octanol–water partition coefficient (Wildman–Crippen LogP) is 2.90. The second-order valence-electron chi connectivity index (χ2n) is 2.99. The van der Waals surface area contributed by atoms with Crippen molar-refractivity contribution in [3.63, 3.8) is 0 Å². The molecule has 0 unspecified atom stereocenters. The van der Waals surface area contributed by atoms with Gasteiger partial charge in [-0.25, -0.2) is 0 Å². The number of rotatable bonds is 1. The Morgan fingerprint density at radius 2 is 2.25 bits per heavy atom. The van der Waals surface area contributed by atoms with Gasteiger partial charge in [-0.2, -0.15) is 0 Å². The van der Waals surface area contributed by atoms with E-state index in [-0.39, 0.29) is 0 Å². The van der Waals surface area contributed by atoms with Crippen molar-refractivity contribution in [1.29, 1.82) is 0 Å². The Kier molecular flexibility index (Phi) is 2.54. The summed E-state index contributed by atoms with van der Waals surface area (Å²) in [4.78, 5) is 0. The van der Waals surface area contributed by atoms with Gasteiger partial charge in [0.25, 0.3) is 0 Å². The molecule has 0 aliphatic carbocycles. The van der Waals surface area contributed by atoms with Crippen molar-refractivity contribution in [1.82, 2.24) is 5.32 Å². The van der Waals surface area contributed by atoms with E-state index in [1.165, 1.54) is 16.7 Å². The topological polar surface area (TPSA) is 12.0 Å². The highest BCUT2D eigenvalue weighted by atomic mass is 14.9. The fraction of sp³-hybridized carbons (Fsp3) is 0.273. The van der Waals surface area contributed by atoms with Gasteiger partial charge < -0.3 is 5.32 Å². The molecule has 1 heteroatoms. The maximum Gasteiger partial charge on any atom is 0.0385 e. The minimum atomic E-state index is 0.991. The van der Waals surface area contributed by atoms with Crippen LogP contribution in [0.2, 0.25) is 0 Å². The average Bonchev–Trinajstić information content (AvgIpc) is 2.03. The molecule has 1 aliphatic heterocycles. The smallest absolute Gasteiger partial charge is 0.0385 e. The third kappa shape index (κ3) is 1.50. The Morgan fingerprint density at radius 1 is 1.58 bits per heavy atom. The number of hydrogen-bond acceptors (Lipinski definition) is 1. The van der Waals surface area contributed by atoms with E-state index in [9.17, 15) is 0 Å². The van der Waals surface area contributed by atoms with Gasteiger partial charge in [-0.1, -0.05) is 12.7 Å². The van der Waals surface area contributed by atoms with Crippen LogP contribution >= 0.6 is 0 Å². The van der Waals surface area contributed by atoms with E-state index in [1.807, 2.05) is 13.1 Å². The van der Waals surface area contributed by atoms with Gasteiger partial charge in [0.1, 0.15) is 0 Å². The SMILES string of the molecule is C=C1NC=CC(C)=C1/C(C)=C\C. The Bertz CT molecular complexity index is 290. The molecule has 0 aromatic carbocycles. The highest BCUT2D eigenvalue weighted by molar-refractivity contribution is 5.51. The van der Waals surface area contributed by atoms with E-state index in [0.29, 0.717) is 0 Å². The number of nitrogens with one attached hydrogen (secondary N) is 1. The van der Waals surface area contributed by atoms with Gasteiger partial charge in [0.05, 0.1) is 0 Å². The largest absolute Gasteiger partial charge is 0.362 e. The van der Waals surface area contributed by atoms with Crippen LogP contribution in [0.15, 0.2) is 47.3 Å². The summed E-state index contributed by atoms with van der Waals surface area (Å²) in [5, 5.41) is 3.10. The summed E-state index contributed by atoms with van der Waals surface area (Å²) in [7, 11) is 0. The van der Waals surface area contributed by atoms with Gasteiger partial charge in [-0.05, 0) is 38.0 Å². The minimum absolute atomic E-state index is 0.991. The fourth-order valence-corrected chi connectivity index (χ4v) is 1.35. The molecule has 1 N–H and O–H groups in total. The van der Waals surface area contributed by atoms with E-state index in [2.05, 4.69) is 37.9 Å². The highest BCUT2D eigenvalue weighted by Gasteiger charge is 2.09. The first-order valence-electron chi connectivity index (χ1n) is 4.13. The monoisotopic (exact) mass is 161 g/mol. The zero-order chi connectivity index (χ0) is 9.14. The first-order valence-corrected chi connectivity index (χ1v) is 4.13.